The smallest absolute Gasteiger partial charge is 0.0596 e. The topological polar surface area (TPSA) is 24.1 Å². The predicted octanol–water partition coefficient (Wildman–Crippen LogP) is 0.392. The third kappa shape index (κ3) is 0.948. The highest BCUT2D eigenvalue weighted by atomic mass is 15.0. The molecule has 0 bridgehead atoms. The van der Waals surface area contributed by atoms with E-state index in [0.717, 1.165) is 19.5 Å². The third-order valence-corrected chi connectivity index (χ3v) is 2.07. The van der Waals surface area contributed by atoms with E-state index in [9.17, 15) is 0 Å². The second-order valence-corrected chi connectivity index (χ2v) is 2.76. The van der Waals surface area contributed by atoms with Gasteiger partial charge in [-0.3, -0.25) is 0 Å². The van der Waals surface area contributed by atoms with Crippen LogP contribution in [0.5, 0.6) is 0 Å². The van der Waals surface area contributed by atoms with Crippen LogP contribution in [0.1, 0.15) is 6.42 Å². The van der Waals surface area contributed by atoms with Crippen molar-refractivity contribution in [2.24, 2.45) is 0 Å². The van der Waals surface area contributed by atoms with E-state index in [4.69, 9.17) is 0 Å². The lowest BCUT2D eigenvalue weighted by Crippen LogP contribution is -2.42. The van der Waals surface area contributed by atoms with E-state index in [1.54, 1.807) is 5.57 Å². The van der Waals surface area contributed by atoms with E-state index < -0.39 is 0 Å². The molecule has 1 atom stereocenters. The van der Waals surface area contributed by atoms with Gasteiger partial charge in [0.15, 0.2) is 0 Å². The van der Waals surface area contributed by atoms with E-state index in [1.165, 1.54) is 0 Å². The average molecular weight is 136 g/mol. The van der Waals surface area contributed by atoms with Crippen molar-refractivity contribution in [1.29, 1.82) is 0 Å². The first-order chi connectivity index (χ1) is 4.97. The van der Waals surface area contributed by atoms with Gasteiger partial charge in [0.1, 0.15) is 0 Å². The standard InChI is InChI=1S/C8H12N2/c1-2-7-3-5-9-6-8(7)10-4-1/h1,3-4,8-10H,2,5-6H2. The van der Waals surface area contributed by atoms with Crippen molar-refractivity contribution in [2.45, 2.75) is 12.5 Å². The zero-order valence-corrected chi connectivity index (χ0v) is 5.93. The van der Waals surface area contributed by atoms with Crippen LogP contribution in [0.15, 0.2) is 23.9 Å². The molecule has 2 aliphatic rings. The molecule has 0 saturated carbocycles. The van der Waals surface area contributed by atoms with Crippen LogP contribution in [0.25, 0.3) is 0 Å². The number of allylic oxidation sites excluding steroid dienone is 1. The summed E-state index contributed by atoms with van der Waals surface area (Å²) in [6.07, 6.45) is 7.65. The summed E-state index contributed by atoms with van der Waals surface area (Å²) >= 11 is 0. The zero-order valence-electron chi connectivity index (χ0n) is 5.93. The van der Waals surface area contributed by atoms with E-state index in [1.807, 2.05) is 0 Å². The van der Waals surface area contributed by atoms with Crippen molar-refractivity contribution in [2.75, 3.05) is 13.1 Å². The molecule has 0 amide bonds. The fourth-order valence-electron chi connectivity index (χ4n) is 1.48. The molecule has 2 N–H and O–H groups in total. The van der Waals surface area contributed by atoms with Gasteiger partial charge in [0, 0.05) is 13.1 Å². The van der Waals surface area contributed by atoms with Gasteiger partial charge in [0.05, 0.1) is 6.04 Å². The monoisotopic (exact) mass is 136 g/mol. The van der Waals surface area contributed by atoms with Crippen molar-refractivity contribution in [3.8, 4) is 0 Å². The zero-order chi connectivity index (χ0) is 6.81. The number of hydrogen-bond donors (Lipinski definition) is 2. The van der Waals surface area contributed by atoms with Crippen molar-refractivity contribution in [3.05, 3.63) is 23.9 Å². The van der Waals surface area contributed by atoms with Crippen LogP contribution >= 0.6 is 0 Å². The van der Waals surface area contributed by atoms with E-state index in [0.29, 0.717) is 6.04 Å². The van der Waals surface area contributed by atoms with Gasteiger partial charge in [0.25, 0.3) is 0 Å². The number of rotatable bonds is 0. The summed E-state index contributed by atoms with van der Waals surface area (Å²) in [4.78, 5) is 0. The van der Waals surface area contributed by atoms with Gasteiger partial charge in [-0.05, 0) is 18.2 Å². The highest BCUT2D eigenvalue weighted by molar-refractivity contribution is 5.22. The Labute approximate surface area is 61.0 Å². The quantitative estimate of drug-likeness (QED) is 0.471. The van der Waals surface area contributed by atoms with Gasteiger partial charge in [-0.25, -0.2) is 0 Å². The van der Waals surface area contributed by atoms with Crippen LogP contribution in [-0.2, 0) is 0 Å². The molecule has 0 radical (unpaired) electrons. The largest absolute Gasteiger partial charge is 0.383 e. The molecule has 2 rings (SSSR count). The Morgan fingerprint density at radius 3 is 3.40 bits per heavy atom. The SMILES string of the molecule is C1=CNC2CNCC=C2C1. The minimum atomic E-state index is 0.568. The summed E-state index contributed by atoms with van der Waals surface area (Å²) in [7, 11) is 0. The maximum atomic E-state index is 3.31. The molecular weight excluding hydrogens is 124 g/mol. The molecule has 0 saturated heterocycles. The van der Waals surface area contributed by atoms with Crippen LogP contribution in [0.2, 0.25) is 0 Å². The second kappa shape index (κ2) is 2.46. The van der Waals surface area contributed by atoms with E-state index in [-0.39, 0.29) is 0 Å². The lowest BCUT2D eigenvalue weighted by Gasteiger charge is -2.27. The maximum absolute atomic E-state index is 3.31. The summed E-state index contributed by atoms with van der Waals surface area (Å²) in [6.45, 7) is 2.12. The molecular formula is C8H12N2. The molecule has 2 aliphatic heterocycles. The number of nitrogens with one attached hydrogen (secondary N) is 2. The third-order valence-electron chi connectivity index (χ3n) is 2.07. The summed E-state index contributed by atoms with van der Waals surface area (Å²) in [5, 5.41) is 6.62. The molecule has 54 valence electrons. The molecule has 2 heterocycles. The normalized spacial score (nSPS) is 30.4. The number of hydrogen-bond acceptors (Lipinski definition) is 2. The van der Waals surface area contributed by atoms with E-state index in [2.05, 4.69) is 29.0 Å². The minimum absolute atomic E-state index is 0.568. The first kappa shape index (κ1) is 5.98. The average Bonchev–Trinajstić information content (AvgIpc) is 2.05. The van der Waals surface area contributed by atoms with Crippen LogP contribution in [0.4, 0.5) is 0 Å². The molecule has 10 heavy (non-hydrogen) atoms. The Hall–Kier alpha value is -0.760. The first-order valence-corrected chi connectivity index (χ1v) is 3.77. The van der Waals surface area contributed by atoms with Crippen molar-refractivity contribution < 1.29 is 0 Å². The van der Waals surface area contributed by atoms with Gasteiger partial charge in [-0.15, -0.1) is 0 Å². The van der Waals surface area contributed by atoms with Crippen LogP contribution in [0.3, 0.4) is 0 Å². The Kier molecular flexibility index (Phi) is 1.47. The summed E-state index contributed by atoms with van der Waals surface area (Å²) in [5.74, 6) is 0. The molecule has 0 spiro atoms. The van der Waals surface area contributed by atoms with Gasteiger partial charge >= 0.3 is 0 Å². The van der Waals surface area contributed by atoms with E-state index >= 15 is 0 Å². The highest BCUT2D eigenvalue weighted by Gasteiger charge is 2.16. The Morgan fingerprint density at radius 1 is 1.50 bits per heavy atom. The molecule has 2 nitrogen and oxygen atoms in total. The van der Waals surface area contributed by atoms with Crippen LogP contribution < -0.4 is 10.6 Å². The lowest BCUT2D eigenvalue weighted by atomic mass is 9.98. The summed E-state index contributed by atoms with van der Waals surface area (Å²) in [6, 6.07) is 0.568. The molecule has 0 aromatic carbocycles. The Morgan fingerprint density at radius 2 is 2.50 bits per heavy atom. The van der Waals surface area contributed by atoms with Gasteiger partial charge in [-0.1, -0.05) is 12.2 Å². The molecule has 2 heteroatoms. The minimum Gasteiger partial charge on any atom is -0.383 e. The van der Waals surface area contributed by atoms with Crippen molar-refractivity contribution in [1.82, 2.24) is 10.6 Å². The Bertz CT molecular complexity index is 182. The fraction of sp³-hybridized carbons (Fsp3) is 0.500. The lowest BCUT2D eigenvalue weighted by molar-refractivity contribution is 0.551. The van der Waals surface area contributed by atoms with Gasteiger partial charge < -0.3 is 10.6 Å². The number of fused-ring (bicyclic) bond motifs is 1. The summed E-state index contributed by atoms with van der Waals surface area (Å²) in [5.41, 5.74) is 1.54. The summed E-state index contributed by atoms with van der Waals surface area (Å²) < 4.78 is 0. The Balaban J connectivity index is 2.17. The molecule has 0 aliphatic carbocycles. The van der Waals surface area contributed by atoms with Gasteiger partial charge in [0.2, 0.25) is 0 Å². The van der Waals surface area contributed by atoms with Crippen LogP contribution in [0, 0.1) is 0 Å². The van der Waals surface area contributed by atoms with Crippen molar-refractivity contribution >= 4 is 0 Å². The molecule has 0 aromatic heterocycles. The first-order valence-electron chi connectivity index (χ1n) is 3.77. The van der Waals surface area contributed by atoms with Crippen LogP contribution in [-0.4, -0.2) is 19.1 Å². The van der Waals surface area contributed by atoms with Crippen molar-refractivity contribution in [3.63, 3.8) is 0 Å². The fourth-order valence-corrected chi connectivity index (χ4v) is 1.48. The second-order valence-electron chi connectivity index (χ2n) is 2.76. The highest BCUT2D eigenvalue weighted by Crippen LogP contribution is 2.14. The predicted molar refractivity (Wildman–Crippen MR) is 41.6 cm³/mol. The molecule has 0 fully saturated rings. The maximum Gasteiger partial charge on any atom is 0.0596 e. The molecule has 0 aromatic rings. The molecule has 1 unspecified atom stereocenters. The van der Waals surface area contributed by atoms with Gasteiger partial charge in [-0.2, -0.15) is 0 Å².